The Morgan fingerprint density at radius 2 is 1.91 bits per heavy atom. The van der Waals surface area contributed by atoms with Crippen molar-refractivity contribution in [2.75, 3.05) is 0 Å². The summed E-state index contributed by atoms with van der Waals surface area (Å²) < 4.78 is 13.6. The highest BCUT2D eigenvalue weighted by Crippen LogP contribution is 2.38. The Labute approximate surface area is 181 Å². The number of benzene rings is 2. The molecule has 0 aliphatic rings. The predicted octanol–water partition coefficient (Wildman–Crippen LogP) is 3.79. The molecule has 1 atom stereocenters. The number of fused-ring (bicyclic) bond motifs is 1. The molecule has 0 N–H and O–H groups in total. The van der Waals surface area contributed by atoms with Crippen LogP contribution in [0.1, 0.15) is 13.2 Å². The average Bonchev–Trinajstić information content (AvgIpc) is 3.23. The Morgan fingerprint density at radius 1 is 1.16 bits per heavy atom. The maximum absolute atomic E-state index is 12.8. The maximum atomic E-state index is 12.8. The van der Waals surface area contributed by atoms with E-state index in [-0.39, 0.29) is 11.2 Å². The van der Waals surface area contributed by atoms with Gasteiger partial charge >= 0.3 is 0 Å². The number of carbonyl (C=O) groups excluding carboxylic acids is 1. The summed E-state index contributed by atoms with van der Waals surface area (Å²) in [6.45, 7) is 1.92. The Morgan fingerprint density at radius 3 is 2.59 bits per heavy atom. The molecule has 0 spiro atoms. The number of nitrogens with zero attached hydrogens (tertiary/aromatic N) is 4. The van der Waals surface area contributed by atoms with Gasteiger partial charge in [-0.15, -0.1) is 0 Å². The van der Waals surface area contributed by atoms with Gasteiger partial charge in [-0.2, -0.15) is 5.10 Å². The van der Waals surface area contributed by atoms with Crippen LogP contribution in [0.4, 0.5) is 5.69 Å². The van der Waals surface area contributed by atoms with E-state index in [0.717, 1.165) is 4.68 Å². The Bertz CT molecular complexity index is 1380. The summed E-state index contributed by atoms with van der Waals surface area (Å²) >= 11 is 0. The molecule has 0 saturated heterocycles. The lowest BCUT2D eigenvalue weighted by Gasteiger charge is -2.15. The van der Waals surface area contributed by atoms with Gasteiger partial charge in [0.25, 0.3) is 17.7 Å². The normalized spacial score (nSPS) is 11.8. The molecule has 1 unspecified atom stereocenters. The molecule has 0 radical (unpaired) electrons. The van der Waals surface area contributed by atoms with E-state index in [2.05, 4.69) is 5.10 Å². The van der Waals surface area contributed by atoms with Crippen LogP contribution in [-0.4, -0.2) is 25.7 Å². The largest absolute Gasteiger partial charge is 0.457 e. The number of non-ortho nitro benzene ring substituents is 1. The fourth-order valence-corrected chi connectivity index (χ4v) is 3.44. The van der Waals surface area contributed by atoms with E-state index in [0.29, 0.717) is 34.6 Å². The van der Waals surface area contributed by atoms with Crippen LogP contribution in [0, 0.1) is 10.1 Å². The first-order valence-corrected chi connectivity index (χ1v) is 9.59. The molecule has 0 aliphatic carbocycles. The number of nitro benzene ring substituents is 1. The second-order valence-corrected chi connectivity index (χ2v) is 6.95. The smallest absolute Gasteiger partial charge is 0.295 e. The van der Waals surface area contributed by atoms with Crippen LogP contribution in [-0.2, 0) is 16.6 Å². The lowest BCUT2D eigenvalue weighted by atomic mass is 10.1. The van der Waals surface area contributed by atoms with Crippen molar-refractivity contribution >= 4 is 23.1 Å². The zero-order chi connectivity index (χ0) is 22.8. The van der Waals surface area contributed by atoms with Gasteiger partial charge in [0.1, 0.15) is 22.7 Å². The van der Waals surface area contributed by atoms with E-state index in [1.807, 2.05) is 6.07 Å². The van der Waals surface area contributed by atoms with Crippen LogP contribution in [0.5, 0.6) is 11.5 Å². The summed E-state index contributed by atoms with van der Waals surface area (Å²) in [5.41, 5.74) is 0.329. The monoisotopic (exact) mass is 434 g/mol. The van der Waals surface area contributed by atoms with Gasteiger partial charge in [-0.3, -0.25) is 19.7 Å². The summed E-state index contributed by atoms with van der Waals surface area (Å²) in [6, 6.07) is 14.8. The molecule has 2 aromatic heterocycles. The maximum Gasteiger partial charge on any atom is 0.295 e. The third kappa shape index (κ3) is 3.69. The number of aromatic nitrogens is 3. The molecule has 4 rings (SSSR count). The molecular weight excluding hydrogens is 416 g/mol. The van der Waals surface area contributed by atoms with Crippen LogP contribution < -0.4 is 10.3 Å². The van der Waals surface area contributed by atoms with Gasteiger partial charge in [-0.05, 0) is 31.2 Å². The van der Waals surface area contributed by atoms with Crippen LogP contribution in [0.15, 0.2) is 65.6 Å². The topological polar surface area (TPSA) is 118 Å². The minimum Gasteiger partial charge on any atom is -0.457 e. The van der Waals surface area contributed by atoms with Gasteiger partial charge in [-0.25, -0.2) is 4.68 Å². The quantitative estimate of drug-likeness (QED) is 0.247. The molecule has 2 aromatic carbocycles. The zero-order valence-electron chi connectivity index (χ0n) is 17.2. The van der Waals surface area contributed by atoms with Gasteiger partial charge in [0, 0.05) is 30.8 Å². The highest BCUT2D eigenvalue weighted by Gasteiger charge is 2.22. The number of hydrogen-bond acceptors (Lipinski definition) is 7. The van der Waals surface area contributed by atoms with Gasteiger partial charge < -0.3 is 14.0 Å². The van der Waals surface area contributed by atoms with E-state index in [1.54, 1.807) is 43.5 Å². The van der Waals surface area contributed by atoms with Crippen molar-refractivity contribution in [2.24, 2.45) is 7.05 Å². The second kappa shape index (κ2) is 8.34. The van der Waals surface area contributed by atoms with Gasteiger partial charge in [-0.1, -0.05) is 18.2 Å². The van der Waals surface area contributed by atoms with Crippen molar-refractivity contribution < 1.29 is 19.2 Å². The number of aryl methyl sites for hydroxylation is 1. The summed E-state index contributed by atoms with van der Waals surface area (Å²) in [4.78, 5) is 34.6. The third-order valence-electron chi connectivity index (χ3n) is 4.96. The highest BCUT2D eigenvalue weighted by atomic mass is 16.6. The molecule has 10 heteroatoms. The molecule has 0 aliphatic heterocycles. The third-order valence-corrected chi connectivity index (χ3v) is 4.96. The first kappa shape index (κ1) is 20.8. The Hall–Kier alpha value is -4.47. The number of carbonyl (C=O) groups is 1. The summed E-state index contributed by atoms with van der Waals surface area (Å²) in [5.74, 6) is 0.869. The molecule has 2 heterocycles. The Balaban J connectivity index is 1.98. The van der Waals surface area contributed by atoms with Crippen molar-refractivity contribution in [3.63, 3.8) is 0 Å². The van der Waals surface area contributed by atoms with Crippen LogP contribution in [0.25, 0.3) is 22.2 Å². The average molecular weight is 434 g/mol. The lowest BCUT2D eigenvalue weighted by molar-refractivity contribution is -0.384. The molecule has 0 amide bonds. The SMILES string of the molecule is CC(OC=O)n1ccc2c(-c3cc([N+](=O)[O-])ccc3Oc3ccccc3)nn(C)c(=O)c21. The number of hydrogen-bond donors (Lipinski definition) is 0. The minimum absolute atomic E-state index is 0.152. The molecule has 0 bridgehead atoms. The Kier molecular flexibility index (Phi) is 5.42. The fourth-order valence-electron chi connectivity index (χ4n) is 3.44. The first-order valence-electron chi connectivity index (χ1n) is 9.59. The number of ether oxygens (including phenoxy) is 2. The number of para-hydroxylation sites is 1. The molecule has 0 fully saturated rings. The van der Waals surface area contributed by atoms with E-state index in [1.165, 1.54) is 29.8 Å². The first-order chi connectivity index (χ1) is 15.4. The summed E-state index contributed by atoms with van der Waals surface area (Å²) in [6.07, 6.45) is 0.860. The van der Waals surface area contributed by atoms with E-state index >= 15 is 0 Å². The molecular formula is C22H18N4O6. The van der Waals surface area contributed by atoms with Crippen molar-refractivity contribution in [3.8, 4) is 22.8 Å². The molecule has 0 saturated carbocycles. The highest BCUT2D eigenvalue weighted by molar-refractivity contribution is 5.94. The molecule has 32 heavy (non-hydrogen) atoms. The second-order valence-electron chi connectivity index (χ2n) is 6.95. The summed E-state index contributed by atoms with van der Waals surface area (Å²) in [7, 11) is 1.48. The minimum atomic E-state index is -0.738. The van der Waals surface area contributed by atoms with E-state index < -0.39 is 16.7 Å². The van der Waals surface area contributed by atoms with Crippen LogP contribution >= 0.6 is 0 Å². The van der Waals surface area contributed by atoms with Gasteiger partial charge in [0.05, 0.1) is 10.5 Å². The van der Waals surface area contributed by atoms with Crippen molar-refractivity contribution in [3.05, 3.63) is 81.3 Å². The van der Waals surface area contributed by atoms with Crippen LogP contribution in [0.3, 0.4) is 0 Å². The van der Waals surface area contributed by atoms with Crippen LogP contribution in [0.2, 0.25) is 0 Å². The zero-order valence-corrected chi connectivity index (χ0v) is 17.2. The van der Waals surface area contributed by atoms with Crippen molar-refractivity contribution in [1.82, 2.24) is 14.3 Å². The fraction of sp³-hybridized carbons (Fsp3) is 0.136. The predicted molar refractivity (Wildman–Crippen MR) is 115 cm³/mol. The van der Waals surface area contributed by atoms with Crippen molar-refractivity contribution in [1.29, 1.82) is 0 Å². The number of rotatable bonds is 7. The number of nitro groups is 1. The standard InChI is InChI=1S/C22H18N4O6/c1-14(31-13-27)25-11-10-17-20(23-24(2)22(28)21(17)25)18-12-15(26(29)30)8-9-19(18)32-16-6-4-3-5-7-16/h3-14H,1-2H3. The van der Waals surface area contributed by atoms with E-state index in [9.17, 15) is 19.7 Å². The van der Waals surface area contributed by atoms with Gasteiger partial charge in [0.2, 0.25) is 0 Å². The summed E-state index contributed by atoms with van der Waals surface area (Å²) in [5, 5.41) is 16.2. The van der Waals surface area contributed by atoms with Gasteiger partial charge in [0.15, 0.2) is 6.23 Å². The van der Waals surface area contributed by atoms with E-state index in [4.69, 9.17) is 9.47 Å². The molecule has 10 nitrogen and oxygen atoms in total. The molecule has 162 valence electrons. The lowest BCUT2D eigenvalue weighted by Crippen LogP contribution is -2.23. The molecule has 4 aromatic rings. The van der Waals surface area contributed by atoms with Crippen molar-refractivity contribution in [2.45, 2.75) is 13.2 Å².